The van der Waals surface area contributed by atoms with Gasteiger partial charge in [-0.05, 0) is 72.0 Å². The number of anilines is 1. The van der Waals surface area contributed by atoms with Gasteiger partial charge in [-0.1, -0.05) is 54.6 Å². The highest BCUT2D eigenvalue weighted by atomic mass is 31.2. The van der Waals surface area contributed by atoms with Gasteiger partial charge in [-0.2, -0.15) is 0 Å². The molecule has 1 heterocycles. The fraction of sp³-hybridized carbons (Fsp3) is 0.167. The van der Waals surface area contributed by atoms with Crippen LogP contribution in [0.1, 0.15) is 36.1 Å². The molecule has 0 spiro atoms. The van der Waals surface area contributed by atoms with Crippen molar-refractivity contribution < 1.29 is 33.7 Å². The van der Waals surface area contributed by atoms with Crippen LogP contribution in [-0.4, -0.2) is 25.9 Å². The van der Waals surface area contributed by atoms with Gasteiger partial charge < -0.3 is 24.9 Å². The van der Waals surface area contributed by atoms with E-state index in [0.717, 1.165) is 0 Å². The number of nitrogens with zero attached hydrogens (tertiary/aromatic N) is 1. The Bertz CT molecular complexity index is 1560. The number of aromatic hydroxyl groups is 1. The third-order valence-electron chi connectivity index (χ3n) is 7.10. The number of hydrogen-bond acceptors (Lipinski definition) is 4. The minimum Gasteiger partial charge on any atom is -0.508 e. The summed E-state index contributed by atoms with van der Waals surface area (Å²) in [7, 11) is -4.44. The van der Waals surface area contributed by atoms with Crippen LogP contribution < -0.4 is 10.2 Å². The summed E-state index contributed by atoms with van der Waals surface area (Å²) in [5, 5.41) is 21.6. The highest BCUT2D eigenvalue weighted by molar-refractivity contribution is 7.60. The van der Waals surface area contributed by atoms with Crippen molar-refractivity contribution in [3.05, 3.63) is 114 Å². The summed E-state index contributed by atoms with van der Waals surface area (Å²) in [6.07, 6.45) is -0.402. The van der Waals surface area contributed by atoms with Crippen molar-refractivity contribution in [3.8, 4) is 16.9 Å². The normalized spacial score (nSPS) is 18.1. The summed E-state index contributed by atoms with van der Waals surface area (Å²) in [6.45, 7) is 0. The number of β-lactam (4-membered cyclic amide) rings is 1. The van der Waals surface area contributed by atoms with Crippen LogP contribution >= 0.6 is 7.60 Å². The molecule has 9 heteroatoms. The topological polar surface area (TPSA) is 118 Å². The van der Waals surface area contributed by atoms with E-state index in [0.29, 0.717) is 34.4 Å². The summed E-state index contributed by atoms with van der Waals surface area (Å²) in [4.78, 5) is 34.0. The Hall–Kier alpha value is -3.81. The average molecular weight is 548 g/mol. The predicted molar refractivity (Wildman–Crippen MR) is 146 cm³/mol. The molecule has 1 aliphatic rings. The first-order valence-corrected chi connectivity index (χ1v) is 14.1. The van der Waals surface area contributed by atoms with Crippen LogP contribution in [0.4, 0.5) is 10.1 Å². The molecule has 39 heavy (non-hydrogen) atoms. The molecule has 1 amide bonds. The molecule has 200 valence electrons. The van der Waals surface area contributed by atoms with E-state index in [1.807, 2.05) is 30.3 Å². The van der Waals surface area contributed by atoms with Gasteiger partial charge >= 0.3 is 7.60 Å². The van der Waals surface area contributed by atoms with Crippen LogP contribution in [0.25, 0.3) is 11.1 Å². The van der Waals surface area contributed by atoms with Gasteiger partial charge in [-0.25, -0.2) is 4.39 Å². The maximum Gasteiger partial charge on any atom is 0.356 e. The van der Waals surface area contributed by atoms with E-state index in [9.17, 15) is 33.7 Å². The molecule has 0 aliphatic carbocycles. The summed E-state index contributed by atoms with van der Waals surface area (Å²) in [5.74, 6) is -1.18. The monoisotopic (exact) mass is 547 g/mol. The third-order valence-corrected chi connectivity index (χ3v) is 8.05. The van der Waals surface area contributed by atoms with E-state index in [4.69, 9.17) is 0 Å². The molecule has 7 nitrogen and oxygen atoms in total. The summed E-state index contributed by atoms with van der Waals surface area (Å²) in [5.41, 5.74) is 2.70. The Kier molecular flexibility index (Phi) is 7.38. The van der Waals surface area contributed by atoms with Gasteiger partial charge in [0.05, 0.1) is 23.4 Å². The molecule has 0 radical (unpaired) electrons. The molecule has 0 saturated carbocycles. The van der Waals surface area contributed by atoms with E-state index in [1.165, 1.54) is 42.5 Å². The van der Waals surface area contributed by atoms with Crippen LogP contribution in [0.3, 0.4) is 0 Å². The van der Waals surface area contributed by atoms with Gasteiger partial charge in [0.2, 0.25) is 5.91 Å². The van der Waals surface area contributed by atoms with Crippen molar-refractivity contribution in [3.63, 3.8) is 0 Å². The van der Waals surface area contributed by atoms with Gasteiger partial charge in [-0.15, -0.1) is 0 Å². The Morgan fingerprint density at radius 2 is 1.59 bits per heavy atom. The molecule has 3 atom stereocenters. The van der Waals surface area contributed by atoms with Crippen LogP contribution in [0.2, 0.25) is 0 Å². The minimum atomic E-state index is -4.44. The van der Waals surface area contributed by atoms with Crippen LogP contribution in [0, 0.1) is 11.7 Å². The van der Waals surface area contributed by atoms with Crippen molar-refractivity contribution in [2.75, 3.05) is 4.90 Å². The Morgan fingerprint density at radius 3 is 2.28 bits per heavy atom. The van der Waals surface area contributed by atoms with Crippen molar-refractivity contribution in [2.45, 2.75) is 25.0 Å². The first-order valence-electron chi connectivity index (χ1n) is 12.4. The largest absolute Gasteiger partial charge is 0.508 e. The maximum atomic E-state index is 13.6. The van der Waals surface area contributed by atoms with Crippen molar-refractivity contribution in [1.29, 1.82) is 0 Å². The van der Waals surface area contributed by atoms with Crippen molar-refractivity contribution in [2.24, 2.45) is 5.92 Å². The number of carbonyl (C=O) groups is 1. The van der Waals surface area contributed by atoms with E-state index < -0.39 is 31.5 Å². The molecule has 4 aromatic rings. The van der Waals surface area contributed by atoms with Gasteiger partial charge in [0, 0.05) is 11.3 Å². The first-order chi connectivity index (χ1) is 18.6. The lowest BCUT2D eigenvalue weighted by molar-refractivity contribution is -0.131. The number of benzene rings is 4. The quantitative estimate of drug-likeness (QED) is 0.178. The number of rotatable bonds is 8. The number of aliphatic hydroxyl groups is 1. The van der Waals surface area contributed by atoms with E-state index >= 15 is 0 Å². The lowest BCUT2D eigenvalue weighted by Crippen LogP contribution is -2.55. The minimum absolute atomic E-state index is 0.0665. The number of aliphatic hydroxyl groups excluding tert-OH is 1. The first kappa shape index (κ1) is 26.8. The fourth-order valence-electron chi connectivity index (χ4n) is 5.12. The van der Waals surface area contributed by atoms with Crippen LogP contribution in [0.15, 0.2) is 97.1 Å². The van der Waals surface area contributed by atoms with Gasteiger partial charge in [0.25, 0.3) is 0 Å². The van der Waals surface area contributed by atoms with Crippen molar-refractivity contribution >= 4 is 24.5 Å². The highest BCUT2D eigenvalue weighted by Gasteiger charge is 2.49. The molecule has 1 aliphatic heterocycles. The number of amides is 1. The number of halogens is 1. The maximum absolute atomic E-state index is 13.6. The van der Waals surface area contributed by atoms with Crippen molar-refractivity contribution in [1.82, 2.24) is 0 Å². The highest BCUT2D eigenvalue weighted by Crippen LogP contribution is 2.49. The van der Waals surface area contributed by atoms with E-state index in [2.05, 4.69) is 0 Å². The zero-order valence-electron chi connectivity index (χ0n) is 20.8. The zero-order chi connectivity index (χ0) is 27.7. The smallest absolute Gasteiger partial charge is 0.356 e. The van der Waals surface area contributed by atoms with Gasteiger partial charge in [0.1, 0.15) is 11.6 Å². The lowest BCUT2D eigenvalue weighted by Gasteiger charge is -2.48. The van der Waals surface area contributed by atoms with E-state index in [-0.39, 0.29) is 23.4 Å². The number of para-hydroxylation sites is 1. The fourth-order valence-corrected chi connectivity index (χ4v) is 5.71. The molecule has 0 aromatic heterocycles. The molecule has 1 saturated heterocycles. The SMILES string of the molecule is O=C1[C@H](CCC(O)c2cccc(F)c2)[C@@H](c2ccc(-c3cccc(P(=O)(O)O)c3)cc2O)N1c1ccccc1. The van der Waals surface area contributed by atoms with Gasteiger partial charge in [0.15, 0.2) is 0 Å². The summed E-state index contributed by atoms with van der Waals surface area (Å²) >= 11 is 0. The van der Waals surface area contributed by atoms with Gasteiger partial charge in [-0.3, -0.25) is 9.36 Å². The Balaban J connectivity index is 1.44. The number of phenolic OH excluding ortho intramolecular Hbond substituents is 1. The third kappa shape index (κ3) is 5.51. The second-order valence-electron chi connectivity index (χ2n) is 9.61. The Labute approximate surface area is 225 Å². The molecular formula is C30H27FNO6P. The standard InChI is InChI=1S/C30H27FNO6P/c31-22-8-4-7-21(16-22)27(33)15-14-26-29(32(30(26)35)23-9-2-1-3-10-23)25-13-12-20(18-28(25)34)19-6-5-11-24(17-19)39(36,37)38/h1-13,16-18,26-27,29,33-34H,14-15H2,(H2,36,37,38)/t26-,27?,29-/m1/s1. The van der Waals surface area contributed by atoms with Crippen LogP contribution in [-0.2, 0) is 9.36 Å². The lowest BCUT2D eigenvalue weighted by atomic mass is 9.77. The molecule has 4 N–H and O–H groups in total. The predicted octanol–water partition coefficient (Wildman–Crippen LogP) is 5.22. The van der Waals surface area contributed by atoms with Crippen LogP contribution in [0.5, 0.6) is 5.75 Å². The Morgan fingerprint density at radius 1 is 0.872 bits per heavy atom. The number of hydrogen-bond donors (Lipinski definition) is 4. The molecular weight excluding hydrogens is 520 g/mol. The number of carbonyl (C=O) groups excluding carboxylic acids is 1. The average Bonchev–Trinajstić information content (AvgIpc) is 2.92. The zero-order valence-corrected chi connectivity index (χ0v) is 21.7. The summed E-state index contributed by atoms with van der Waals surface area (Å²) < 4.78 is 25.3. The second-order valence-corrected chi connectivity index (χ2v) is 11.2. The molecule has 5 rings (SSSR count). The molecule has 0 bridgehead atoms. The molecule has 1 fully saturated rings. The van der Waals surface area contributed by atoms with E-state index in [1.54, 1.807) is 29.2 Å². The summed E-state index contributed by atoms with van der Waals surface area (Å²) in [6, 6.07) is 25.2. The molecule has 4 aromatic carbocycles. The number of phenols is 1. The second kappa shape index (κ2) is 10.8. The molecule has 1 unspecified atom stereocenters.